The third kappa shape index (κ3) is 3.02. The second-order valence-corrected chi connectivity index (χ2v) is 4.13. The Morgan fingerprint density at radius 3 is 2.18 bits per heavy atom. The van der Waals surface area contributed by atoms with Crippen molar-refractivity contribution in [3.63, 3.8) is 0 Å². The molecule has 17 heavy (non-hydrogen) atoms. The Labute approximate surface area is 102 Å². The van der Waals surface area contributed by atoms with Crippen molar-refractivity contribution < 1.29 is 26.7 Å². The summed E-state index contributed by atoms with van der Waals surface area (Å²) in [6, 6.07) is 1.07. The summed E-state index contributed by atoms with van der Waals surface area (Å²) in [7, 11) is 0. The minimum atomic E-state index is -4.70. The van der Waals surface area contributed by atoms with E-state index in [1.165, 1.54) is 0 Å². The maximum Gasteiger partial charge on any atom is 0.417 e. The maximum atomic E-state index is 12.5. The first-order valence-corrected chi connectivity index (χ1v) is 5.13. The summed E-state index contributed by atoms with van der Waals surface area (Å²) in [6.45, 7) is 0.940. The van der Waals surface area contributed by atoms with Gasteiger partial charge in [0.1, 0.15) is 0 Å². The molecule has 0 spiro atoms. The molecule has 0 amide bonds. The van der Waals surface area contributed by atoms with Gasteiger partial charge in [-0.15, -0.1) is 0 Å². The lowest BCUT2D eigenvalue weighted by Crippen LogP contribution is -2.10. The summed E-state index contributed by atoms with van der Waals surface area (Å²) in [5, 5.41) is 0. The molecule has 7 heteroatoms. The van der Waals surface area contributed by atoms with E-state index in [1.54, 1.807) is 0 Å². The molecule has 94 valence electrons. The van der Waals surface area contributed by atoms with Gasteiger partial charge in [-0.2, -0.15) is 13.2 Å². The van der Waals surface area contributed by atoms with Crippen molar-refractivity contribution in [3.8, 4) is 0 Å². The van der Waals surface area contributed by atoms with Gasteiger partial charge in [-0.3, -0.25) is 4.79 Å². The van der Waals surface area contributed by atoms with Gasteiger partial charge in [-0.25, -0.2) is 8.78 Å². The maximum absolute atomic E-state index is 12.5. The standard InChI is InChI=1S/C10H6BrF5O/c1-4(17)5-2-7(10(14,15)16)8(11)3-6(5)9(12)13/h2-3,9H,1H3. The predicted octanol–water partition coefficient (Wildman–Crippen LogP) is 4.61. The summed E-state index contributed by atoms with van der Waals surface area (Å²) in [5.74, 6) is -0.835. The van der Waals surface area contributed by atoms with Crippen molar-refractivity contribution in [2.45, 2.75) is 19.5 Å². The Balaban J connectivity index is 3.51. The zero-order valence-corrected chi connectivity index (χ0v) is 9.99. The van der Waals surface area contributed by atoms with E-state index < -0.39 is 39.5 Å². The lowest BCUT2D eigenvalue weighted by Gasteiger charge is -2.13. The molecule has 0 heterocycles. The van der Waals surface area contributed by atoms with Crippen molar-refractivity contribution in [1.82, 2.24) is 0 Å². The summed E-state index contributed by atoms with van der Waals surface area (Å²) < 4.78 is 62.1. The van der Waals surface area contributed by atoms with E-state index in [0.29, 0.717) is 12.1 Å². The molecular formula is C10H6BrF5O. The van der Waals surface area contributed by atoms with Crippen LogP contribution in [0.15, 0.2) is 16.6 Å². The van der Waals surface area contributed by atoms with E-state index >= 15 is 0 Å². The average Bonchev–Trinajstić information content (AvgIpc) is 2.14. The Bertz CT molecular complexity index is 453. The van der Waals surface area contributed by atoms with E-state index in [4.69, 9.17) is 0 Å². The normalized spacial score (nSPS) is 12.0. The smallest absolute Gasteiger partial charge is 0.294 e. The minimum absolute atomic E-state index is 0.438. The van der Waals surface area contributed by atoms with E-state index in [-0.39, 0.29) is 0 Å². The predicted molar refractivity (Wildman–Crippen MR) is 54.1 cm³/mol. The van der Waals surface area contributed by atoms with Gasteiger partial charge in [0.05, 0.1) is 5.56 Å². The molecule has 0 fully saturated rings. The first-order chi connectivity index (χ1) is 7.64. The van der Waals surface area contributed by atoms with Crippen LogP contribution in [-0.2, 0) is 6.18 Å². The highest BCUT2D eigenvalue weighted by atomic mass is 79.9. The lowest BCUT2D eigenvalue weighted by molar-refractivity contribution is -0.138. The van der Waals surface area contributed by atoms with Crippen LogP contribution < -0.4 is 0 Å². The van der Waals surface area contributed by atoms with Gasteiger partial charge in [0.15, 0.2) is 5.78 Å². The van der Waals surface area contributed by atoms with Crippen molar-refractivity contribution in [2.24, 2.45) is 0 Å². The molecule has 0 aliphatic heterocycles. The molecule has 0 aromatic heterocycles. The Morgan fingerprint density at radius 1 is 1.29 bits per heavy atom. The van der Waals surface area contributed by atoms with E-state index in [2.05, 4.69) is 15.9 Å². The van der Waals surface area contributed by atoms with Crippen LogP contribution in [0.4, 0.5) is 22.0 Å². The Hall–Kier alpha value is -0.980. The average molecular weight is 317 g/mol. The highest BCUT2D eigenvalue weighted by Crippen LogP contribution is 2.38. The molecule has 0 unspecified atom stereocenters. The second kappa shape index (κ2) is 4.72. The zero-order valence-electron chi connectivity index (χ0n) is 8.41. The van der Waals surface area contributed by atoms with Crippen LogP contribution in [0, 0.1) is 0 Å². The molecule has 1 nitrogen and oxygen atoms in total. The number of hydrogen-bond acceptors (Lipinski definition) is 1. The fourth-order valence-corrected chi connectivity index (χ4v) is 1.88. The van der Waals surface area contributed by atoms with Gasteiger partial charge in [0.25, 0.3) is 6.43 Å². The molecule has 0 saturated heterocycles. The van der Waals surface area contributed by atoms with E-state index in [1.807, 2.05) is 0 Å². The SMILES string of the molecule is CC(=O)c1cc(C(F)(F)F)c(Br)cc1C(F)F. The fourth-order valence-electron chi connectivity index (χ4n) is 1.29. The number of rotatable bonds is 2. The summed E-state index contributed by atoms with van der Waals surface area (Å²) in [4.78, 5) is 11.0. The summed E-state index contributed by atoms with van der Waals surface area (Å²) in [6.07, 6.45) is -7.71. The van der Waals surface area contributed by atoms with Gasteiger partial charge in [0, 0.05) is 15.6 Å². The number of carbonyl (C=O) groups excluding carboxylic acids is 1. The molecule has 0 N–H and O–H groups in total. The number of alkyl halides is 5. The topological polar surface area (TPSA) is 17.1 Å². The van der Waals surface area contributed by atoms with Gasteiger partial charge < -0.3 is 0 Å². The third-order valence-electron chi connectivity index (χ3n) is 2.06. The molecule has 0 aliphatic rings. The van der Waals surface area contributed by atoms with Gasteiger partial charge in [0.2, 0.25) is 0 Å². The number of hydrogen-bond donors (Lipinski definition) is 0. The van der Waals surface area contributed by atoms with Crippen LogP contribution in [0.2, 0.25) is 0 Å². The second-order valence-electron chi connectivity index (χ2n) is 3.27. The van der Waals surface area contributed by atoms with Crippen molar-refractivity contribution in [1.29, 1.82) is 0 Å². The van der Waals surface area contributed by atoms with Crippen molar-refractivity contribution >= 4 is 21.7 Å². The summed E-state index contributed by atoms with van der Waals surface area (Å²) in [5.41, 5.74) is -2.47. The van der Waals surface area contributed by atoms with Crippen LogP contribution in [0.3, 0.4) is 0 Å². The largest absolute Gasteiger partial charge is 0.417 e. The molecule has 0 radical (unpaired) electrons. The Morgan fingerprint density at radius 2 is 1.82 bits per heavy atom. The van der Waals surface area contributed by atoms with Crippen molar-refractivity contribution in [3.05, 3.63) is 33.3 Å². The number of carbonyl (C=O) groups is 1. The van der Waals surface area contributed by atoms with Crippen LogP contribution in [0.25, 0.3) is 0 Å². The van der Waals surface area contributed by atoms with Gasteiger partial charge in [-0.1, -0.05) is 15.9 Å². The van der Waals surface area contributed by atoms with Crippen LogP contribution in [0.1, 0.15) is 34.8 Å². The fraction of sp³-hybridized carbons (Fsp3) is 0.300. The Kier molecular flexibility index (Phi) is 3.91. The number of benzene rings is 1. The number of ketones is 1. The van der Waals surface area contributed by atoms with Crippen molar-refractivity contribution in [2.75, 3.05) is 0 Å². The zero-order chi connectivity index (χ0) is 13.4. The van der Waals surface area contributed by atoms with Gasteiger partial charge >= 0.3 is 6.18 Å². The molecule has 0 saturated carbocycles. The molecule has 0 bridgehead atoms. The van der Waals surface area contributed by atoms with Gasteiger partial charge in [-0.05, 0) is 19.1 Å². The van der Waals surface area contributed by atoms with E-state index in [9.17, 15) is 26.7 Å². The minimum Gasteiger partial charge on any atom is -0.294 e. The monoisotopic (exact) mass is 316 g/mol. The first kappa shape index (κ1) is 14.1. The quantitative estimate of drug-likeness (QED) is 0.575. The number of halogens is 6. The van der Waals surface area contributed by atoms with E-state index in [0.717, 1.165) is 6.92 Å². The molecule has 0 aliphatic carbocycles. The number of Topliss-reactive ketones (excluding diaryl/α,β-unsaturated/α-hetero) is 1. The van der Waals surface area contributed by atoms with Crippen LogP contribution >= 0.6 is 15.9 Å². The molecule has 0 atom stereocenters. The first-order valence-electron chi connectivity index (χ1n) is 4.34. The lowest BCUT2D eigenvalue weighted by atomic mass is 10.0. The molecule has 1 rings (SSSR count). The highest BCUT2D eigenvalue weighted by molar-refractivity contribution is 9.10. The third-order valence-corrected chi connectivity index (χ3v) is 2.72. The van der Waals surface area contributed by atoms with Crippen LogP contribution in [-0.4, -0.2) is 5.78 Å². The highest BCUT2D eigenvalue weighted by Gasteiger charge is 2.35. The van der Waals surface area contributed by atoms with Crippen LogP contribution in [0.5, 0.6) is 0 Å². The summed E-state index contributed by atoms with van der Waals surface area (Å²) >= 11 is 2.57. The molecule has 1 aromatic carbocycles. The molecule has 1 aromatic rings. The molecular weight excluding hydrogens is 311 g/mol.